The Morgan fingerprint density at radius 1 is 1.19 bits per heavy atom. The molecule has 0 aliphatic heterocycles. The molecule has 0 saturated carbocycles. The van der Waals surface area contributed by atoms with E-state index < -0.39 is 11.5 Å². The Morgan fingerprint density at radius 3 is 2.24 bits per heavy atom. The largest absolute Gasteiger partial charge is 0.344 e. The van der Waals surface area contributed by atoms with E-state index in [1.807, 2.05) is 58.0 Å². The number of benzene rings is 1. The van der Waals surface area contributed by atoms with Crippen molar-refractivity contribution in [3.05, 3.63) is 35.9 Å². The summed E-state index contributed by atoms with van der Waals surface area (Å²) in [6.45, 7) is 10.4. The van der Waals surface area contributed by atoms with Crippen LogP contribution in [0.25, 0.3) is 0 Å². The molecule has 0 aromatic heterocycles. The number of carbonyl (C=O) groups is 2. The van der Waals surface area contributed by atoms with Crippen molar-refractivity contribution < 1.29 is 9.59 Å². The summed E-state index contributed by atoms with van der Waals surface area (Å²) in [5.41, 5.74) is 0.590. The first-order valence-electron chi connectivity index (χ1n) is 7.39. The third-order valence-electron chi connectivity index (χ3n) is 3.31. The van der Waals surface area contributed by atoms with Crippen LogP contribution in [0.15, 0.2) is 30.3 Å². The Labute approximate surface area is 127 Å². The molecule has 21 heavy (non-hydrogen) atoms. The van der Waals surface area contributed by atoms with E-state index in [-0.39, 0.29) is 11.8 Å². The highest BCUT2D eigenvalue weighted by molar-refractivity contribution is 5.89. The Morgan fingerprint density at radius 2 is 1.76 bits per heavy atom. The van der Waals surface area contributed by atoms with Gasteiger partial charge in [-0.25, -0.2) is 0 Å². The molecule has 2 amide bonds. The van der Waals surface area contributed by atoms with E-state index in [2.05, 4.69) is 5.32 Å². The lowest BCUT2D eigenvalue weighted by Crippen LogP contribution is -2.49. The van der Waals surface area contributed by atoms with Crippen LogP contribution >= 0.6 is 0 Å². The predicted octanol–water partition coefficient (Wildman–Crippen LogP) is 2.59. The van der Waals surface area contributed by atoms with E-state index in [0.717, 1.165) is 5.56 Å². The second kappa shape index (κ2) is 7.25. The number of likely N-dealkylation sites (N-methyl/N-ethyl adjacent to an activating group) is 1. The molecular weight excluding hydrogens is 264 g/mol. The molecule has 0 aliphatic rings. The molecule has 0 saturated heterocycles. The fourth-order valence-electron chi connectivity index (χ4n) is 1.90. The van der Waals surface area contributed by atoms with Gasteiger partial charge in [0.05, 0.1) is 0 Å². The molecule has 1 rings (SSSR count). The Bertz CT molecular complexity index is 477. The van der Waals surface area contributed by atoms with Gasteiger partial charge in [-0.3, -0.25) is 9.59 Å². The Balaban J connectivity index is 2.68. The first kappa shape index (κ1) is 17.2. The van der Waals surface area contributed by atoms with Crippen LogP contribution in [-0.2, 0) is 16.1 Å². The van der Waals surface area contributed by atoms with Crippen LogP contribution in [0.4, 0.5) is 0 Å². The highest BCUT2D eigenvalue weighted by Crippen LogP contribution is 2.13. The van der Waals surface area contributed by atoms with E-state index in [1.54, 1.807) is 11.8 Å². The average molecular weight is 290 g/mol. The van der Waals surface area contributed by atoms with Crippen molar-refractivity contribution in [2.75, 3.05) is 6.54 Å². The SMILES string of the molecule is CCN(Cc1ccccc1)C(=O)C(C)NC(=O)C(C)(C)C. The fourth-order valence-corrected chi connectivity index (χ4v) is 1.90. The lowest BCUT2D eigenvalue weighted by molar-refractivity contribution is -0.138. The van der Waals surface area contributed by atoms with E-state index in [9.17, 15) is 9.59 Å². The maximum atomic E-state index is 12.5. The van der Waals surface area contributed by atoms with E-state index in [4.69, 9.17) is 0 Å². The van der Waals surface area contributed by atoms with Crippen molar-refractivity contribution in [3.63, 3.8) is 0 Å². The van der Waals surface area contributed by atoms with Crippen molar-refractivity contribution in [3.8, 4) is 0 Å². The molecule has 0 aliphatic carbocycles. The summed E-state index contributed by atoms with van der Waals surface area (Å²) in [5.74, 6) is -0.168. The quantitative estimate of drug-likeness (QED) is 0.906. The molecule has 4 nitrogen and oxygen atoms in total. The molecule has 1 unspecified atom stereocenters. The minimum absolute atomic E-state index is 0.0565. The lowest BCUT2D eigenvalue weighted by Gasteiger charge is -2.27. The van der Waals surface area contributed by atoms with Crippen LogP contribution in [0.3, 0.4) is 0 Å². The number of hydrogen-bond acceptors (Lipinski definition) is 2. The first-order valence-corrected chi connectivity index (χ1v) is 7.39. The normalized spacial score (nSPS) is 12.6. The fraction of sp³-hybridized carbons (Fsp3) is 0.529. The summed E-state index contributed by atoms with van der Waals surface area (Å²) in [6, 6.07) is 9.34. The summed E-state index contributed by atoms with van der Waals surface area (Å²) < 4.78 is 0. The van der Waals surface area contributed by atoms with Gasteiger partial charge in [-0.05, 0) is 19.4 Å². The van der Waals surface area contributed by atoms with Crippen molar-refractivity contribution in [2.24, 2.45) is 5.41 Å². The third kappa shape index (κ3) is 5.21. The monoisotopic (exact) mass is 290 g/mol. The molecular formula is C17H26N2O2. The average Bonchev–Trinajstić information content (AvgIpc) is 2.44. The smallest absolute Gasteiger partial charge is 0.245 e. The van der Waals surface area contributed by atoms with Gasteiger partial charge >= 0.3 is 0 Å². The van der Waals surface area contributed by atoms with Gasteiger partial charge in [0.25, 0.3) is 0 Å². The van der Waals surface area contributed by atoms with Gasteiger partial charge < -0.3 is 10.2 Å². The van der Waals surface area contributed by atoms with Crippen molar-refractivity contribution in [2.45, 2.75) is 47.2 Å². The molecule has 0 bridgehead atoms. The van der Waals surface area contributed by atoms with Crippen molar-refractivity contribution >= 4 is 11.8 Å². The van der Waals surface area contributed by atoms with Gasteiger partial charge in [0.2, 0.25) is 11.8 Å². The molecule has 0 heterocycles. The molecule has 1 aromatic carbocycles. The van der Waals surface area contributed by atoms with Crippen LogP contribution in [0.2, 0.25) is 0 Å². The van der Waals surface area contributed by atoms with Gasteiger partial charge in [0.15, 0.2) is 0 Å². The minimum atomic E-state index is -0.514. The highest BCUT2D eigenvalue weighted by Gasteiger charge is 2.27. The molecule has 1 atom stereocenters. The van der Waals surface area contributed by atoms with Gasteiger partial charge in [-0.15, -0.1) is 0 Å². The number of hydrogen-bond donors (Lipinski definition) is 1. The van der Waals surface area contributed by atoms with Crippen molar-refractivity contribution in [1.82, 2.24) is 10.2 Å². The second-order valence-corrected chi connectivity index (χ2v) is 6.28. The zero-order chi connectivity index (χ0) is 16.0. The highest BCUT2D eigenvalue weighted by atomic mass is 16.2. The van der Waals surface area contributed by atoms with Crippen LogP contribution in [-0.4, -0.2) is 29.3 Å². The lowest BCUT2D eigenvalue weighted by atomic mass is 9.95. The maximum Gasteiger partial charge on any atom is 0.245 e. The summed E-state index contributed by atoms with van der Waals surface area (Å²) in [7, 11) is 0. The molecule has 0 spiro atoms. The van der Waals surface area contributed by atoms with Crippen LogP contribution < -0.4 is 5.32 Å². The summed E-state index contributed by atoms with van der Waals surface area (Å²) in [6.07, 6.45) is 0. The zero-order valence-electron chi connectivity index (χ0n) is 13.6. The van der Waals surface area contributed by atoms with Gasteiger partial charge in [0, 0.05) is 18.5 Å². The van der Waals surface area contributed by atoms with E-state index in [0.29, 0.717) is 13.1 Å². The van der Waals surface area contributed by atoms with Crippen LogP contribution in [0.5, 0.6) is 0 Å². The summed E-state index contributed by atoms with van der Waals surface area (Å²) in [4.78, 5) is 26.2. The predicted molar refractivity (Wildman–Crippen MR) is 84.6 cm³/mol. The summed E-state index contributed by atoms with van der Waals surface area (Å²) >= 11 is 0. The van der Waals surface area contributed by atoms with Gasteiger partial charge in [0.1, 0.15) is 6.04 Å². The topological polar surface area (TPSA) is 49.4 Å². The zero-order valence-corrected chi connectivity index (χ0v) is 13.6. The number of amides is 2. The number of nitrogens with zero attached hydrogens (tertiary/aromatic N) is 1. The standard InChI is InChI=1S/C17H26N2O2/c1-6-19(12-14-10-8-7-9-11-14)15(20)13(2)18-16(21)17(3,4)5/h7-11,13H,6,12H2,1-5H3,(H,18,21). The molecule has 1 N–H and O–H groups in total. The van der Waals surface area contributed by atoms with E-state index in [1.165, 1.54) is 0 Å². The van der Waals surface area contributed by atoms with Gasteiger partial charge in [-0.2, -0.15) is 0 Å². The molecule has 116 valence electrons. The molecule has 4 heteroatoms. The molecule has 0 fully saturated rings. The number of carbonyl (C=O) groups excluding carboxylic acids is 2. The second-order valence-electron chi connectivity index (χ2n) is 6.28. The van der Waals surface area contributed by atoms with Crippen LogP contribution in [0.1, 0.15) is 40.2 Å². The molecule has 1 aromatic rings. The first-order chi connectivity index (χ1) is 9.75. The Hall–Kier alpha value is -1.84. The van der Waals surface area contributed by atoms with E-state index >= 15 is 0 Å². The van der Waals surface area contributed by atoms with Gasteiger partial charge in [-0.1, -0.05) is 51.1 Å². The Kier molecular flexibility index (Phi) is 5.94. The minimum Gasteiger partial charge on any atom is -0.344 e. The number of rotatable bonds is 5. The molecule has 0 radical (unpaired) electrons. The summed E-state index contributed by atoms with van der Waals surface area (Å²) in [5, 5.41) is 2.79. The van der Waals surface area contributed by atoms with Crippen LogP contribution in [0, 0.1) is 5.41 Å². The number of nitrogens with one attached hydrogen (secondary N) is 1. The van der Waals surface area contributed by atoms with Crippen molar-refractivity contribution in [1.29, 1.82) is 0 Å². The third-order valence-corrected chi connectivity index (χ3v) is 3.31. The maximum absolute atomic E-state index is 12.5.